The standard InChI is InChI=1S/C15H19F3N2O2/c1-4-22-12(21)10-9(2)11(13(3,16)17)19-20(10)8-14-5-15(18,6-14)7-14/h4-8H2,1-3H3. The molecule has 4 nitrogen and oxygen atoms in total. The molecule has 0 amide bonds. The third kappa shape index (κ3) is 2.21. The van der Waals surface area contributed by atoms with Crippen LogP contribution in [0.1, 0.15) is 54.9 Å². The summed E-state index contributed by atoms with van der Waals surface area (Å²) in [6.45, 7) is 4.28. The summed E-state index contributed by atoms with van der Waals surface area (Å²) < 4.78 is 47.2. The van der Waals surface area contributed by atoms with Crippen LogP contribution >= 0.6 is 0 Å². The van der Waals surface area contributed by atoms with Crippen molar-refractivity contribution in [1.82, 2.24) is 9.78 Å². The van der Waals surface area contributed by atoms with Crippen LogP contribution in [0.4, 0.5) is 13.2 Å². The van der Waals surface area contributed by atoms with Crippen molar-refractivity contribution in [3.8, 4) is 0 Å². The van der Waals surface area contributed by atoms with E-state index in [0.29, 0.717) is 19.3 Å². The predicted molar refractivity (Wildman–Crippen MR) is 72.6 cm³/mol. The molecule has 0 radical (unpaired) electrons. The number of carbonyl (C=O) groups excluding carboxylic acids is 1. The Labute approximate surface area is 126 Å². The molecular weight excluding hydrogens is 297 g/mol. The van der Waals surface area contributed by atoms with E-state index in [1.165, 1.54) is 11.6 Å². The highest BCUT2D eigenvalue weighted by molar-refractivity contribution is 5.89. The number of hydrogen-bond donors (Lipinski definition) is 0. The highest BCUT2D eigenvalue weighted by atomic mass is 19.3. The zero-order valence-corrected chi connectivity index (χ0v) is 12.9. The summed E-state index contributed by atoms with van der Waals surface area (Å²) in [6.07, 6.45) is 1.25. The fraction of sp³-hybridized carbons (Fsp3) is 0.733. The zero-order chi connectivity index (χ0) is 16.3. The molecule has 7 heteroatoms. The van der Waals surface area contributed by atoms with Crippen LogP contribution < -0.4 is 0 Å². The van der Waals surface area contributed by atoms with Gasteiger partial charge >= 0.3 is 5.97 Å². The second kappa shape index (κ2) is 4.49. The van der Waals surface area contributed by atoms with E-state index in [2.05, 4.69) is 5.10 Å². The van der Waals surface area contributed by atoms with Crippen LogP contribution in [0.15, 0.2) is 0 Å². The maximum Gasteiger partial charge on any atom is 0.356 e. The number of nitrogens with zero attached hydrogens (tertiary/aromatic N) is 2. The molecule has 4 rings (SSSR count). The maximum atomic E-state index is 13.7. The molecule has 122 valence electrons. The minimum atomic E-state index is -3.14. The van der Waals surface area contributed by atoms with Gasteiger partial charge in [0, 0.05) is 19.0 Å². The summed E-state index contributed by atoms with van der Waals surface area (Å²) >= 11 is 0. The molecule has 3 aliphatic carbocycles. The lowest BCUT2D eigenvalue weighted by atomic mass is 9.42. The van der Waals surface area contributed by atoms with Gasteiger partial charge in [-0.05, 0) is 38.5 Å². The number of esters is 1. The number of rotatable bonds is 5. The number of aromatic nitrogens is 2. The van der Waals surface area contributed by atoms with E-state index in [1.807, 2.05) is 0 Å². The Morgan fingerprint density at radius 2 is 2.00 bits per heavy atom. The maximum absolute atomic E-state index is 13.7. The Morgan fingerprint density at radius 1 is 1.41 bits per heavy atom. The predicted octanol–water partition coefficient (Wildman–Crippen LogP) is 3.37. The van der Waals surface area contributed by atoms with Gasteiger partial charge in [-0.25, -0.2) is 9.18 Å². The van der Waals surface area contributed by atoms with Crippen molar-refractivity contribution in [1.29, 1.82) is 0 Å². The van der Waals surface area contributed by atoms with Crippen molar-refractivity contribution in [3.05, 3.63) is 17.0 Å². The van der Waals surface area contributed by atoms with E-state index in [9.17, 15) is 18.0 Å². The molecule has 3 aliphatic rings. The highest BCUT2D eigenvalue weighted by Crippen LogP contribution is 2.70. The van der Waals surface area contributed by atoms with E-state index < -0.39 is 23.3 Å². The molecule has 22 heavy (non-hydrogen) atoms. The molecule has 0 N–H and O–H groups in total. The molecular formula is C15H19F3N2O2. The molecule has 0 spiro atoms. The normalized spacial score (nSPS) is 29.7. The van der Waals surface area contributed by atoms with E-state index in [-0.39, 0.29) is 29.8 Å². The summed E-state index contributed by atoms with van der Waals surface area (Å²) in [7, 11) is 0. The molecule has 0 saturated heterocycles. The van der Waals surface area contributed by atoms with Gasteiger partial charge in [0.05, 0.1) is 6.61 Å². The number of ether oxygens (including phenoxy) is 1. The zero-order valence-electron chi connectivity index (χ0n) is 12.9. The monoisotopic (exact) mass is 316 g/mol. The van der Waals surface area contributed by atoms with Crippen molar-refractivity contribution in [3.63, 3.8) is 0 Å². The van der Waals surface area contributed by atoms with Gasteiger partial charge in [-0.3, -0.25) is 4.68 Å². The second-order valence-corrected chi connectivity index (χ2v) is 6.77. The smallest absolute Gasteiger partial charge is 0.356 e. The van der Waals surface area contributed by atoms with Crippen LogP contribution in [0.25, 0.3) is 0 Å². The number of carbonyl (C=O) groups is 1. The number of hydrogen-bond acceptors (Lipinski definition) is 3. The fourth-order valence-electron chi connectivity index (χ4n) is 3.89. The van der Waals surface area contributed by atoms with Crippen molar-refractivity contribution < 1.29 is 22.7 Å². The number of alkyl halides is 3. The first-order chi connectivity index (χ1) is 10.1. The van der Waals surface area contributed by atoms with E-state index >= 15 is 0 Å². The van der Waals surface area contributed by atoms with Gasteiger partial charge in [-0.1, -0.05) is 0 Å². The van der Waals surface area contributed by atoms with Gasteiger partial charge in [0.2, 0.25) is 0 Å². The quantitative estimate of drug-likeness (QED) is 0.782. The fourth-order valence-corrected chi connectivity index (χ4v) is 3.89. The molecule has 3 fully saturated rings. The first kappa shape index (κ1) is 15.4. The van der Waals surface area contributed by atoms with Crippen LogP contribution in [0.3, 0.4) is 0 Å². The van der Waals surface area contributed by atoms with Crippen LogP contribution in [-0.2, 0) is 17.2 Å². The first-order valence-corrected chi connectivity index (χ1v) is 7.41. The van der Waals surface area contributed by atoms with E-state index in [1.54, 1.807) is 6.92 Å². The number of halogens is 3. The third-order valence-electron chi connectivity index (χ3n) is 4.63. The van der Waals surface area contributed by atoms with Gasteiger partial charge in [-0.15, -0.1) is 0 Å². The summed E-state index contributed by atoms with van der Waals surface area (Å²) in [5, 5.41) is 3.94. The summed E-state index contributed by atoms with van der Waals surface area (Å²) in [5.74, 6) is -3.80. The van der Waals surface area contributed by atoms with Gasteiger partial charge in [0.1, 0.15) is 17.1 Å². The Morgan fingerprint density at radius 3 is 2.45 bits per heavy atom. The molecule has 1 heterocycles. The Balaban J connectivity index is 1.95. The Hall–Kier alpha value is -1.53. The lowest BCUT2D eigenvalue weighted by Crippen LogP contribution is -2.65. The summed E-state index contributed by atoms with van der Waals surface area (Å²) in [4.78, 5) is 12.1. The molecule has 0 aromatic carbocycles. The molecule has 1 aromatic rings. The first-order valence-electron chi connectivity index (χ1n) is 7.41. The summed E-state index contributed by atoms with van der Waals surface area (Å²) in [6, 6.07) is 0. The molecule has 0 aliphatic heterocycles. The van der Waals surface area contributed by atoms with Crippen LogP contribution in [-0.4, -0.2) is 28.0 Å². The van der Waals surface area contributed by atoms with E-state index in [0.717, 1.165) is 6.92 Å². The van der Waals surface area contributed by atoms with E-state index in [4.69, 9.17) is 4.74 Å². The van der Waals surface area contributed by atoms with Gasteiger partial charge in [-0.2, -0.15) is 13.9 Å². The van der Waals surface area contributed by atoms with Gasteiger partial charge < -0.3 is 4.74 Å². The SMILES string of the molecule is CCOC(=O)c1c(C)c(C(C)(F)F)nn1CC12CC(F)(C1)C2. The molecule has 0 atom stereocenters. The van der Waals surface area contributed by atoms with Crippen LogP contribution in [0.5, 0.6) is 0 Å². The van der Waals surface area contributed by atoms with Crippen LogP contribution in [0, 0.1) is 12.3 Å². The lowest BCUT2D eigenvalue weighted by Gasteiger charge is -2.65. The van der Waals surface area contributed by atoms with Gasteiger partial charge in [0.15, 0.2) is 0 Å². The molecule has 1 aromatic heterocycles. The van der Waals surface area contributed by atoms with Crippen molar-refractivity contribution in [2.75, 3.05) is 6.61 Å². The lowest BCUT2D eigenvalue weighted by molar-refractivity contribution is -0.221. The summed E-state index contributed by atoms with van der Waals surface area (Å²) in [5.41, 5.74) is -1.56. The van der Waals surface area contributed by atoms with Gasteiger partial charge in [0.25, 0.3) is 5.92 Å². The largest absolute Gasteiger partial charge is 0.461 e. The topological polar surface area (TPSA) is 44.1 Å². The minimum Gasteiger partial charge on any atom is -0.461 e. The molecule has 2 bridgehead atoms. The third-order valence-corrected chi connectivity index (χ3v) is 4.63. The average Bonchev–Trinajstić information content (AvgIpc) is 2.63. The Kier molecular flexibility index (Phi) is 3.14. The minimum absolute atomic E-state index is 0.0519. The van der Waals surface area contributed by atoms with Crippen molar-refractivity contribution in [2.24, 2.45) is 5.41 Å². The van der Waals surface area contributed by atoms with Crippen LogP contribution in [0.2, 0.25) is 0 Å². The second-order valence-electron chi connectivity index (χ2n) is 6.77. The van der Waals surface area contributed by atoms with Crippen molar-refractivity contribution >= 4 is 5.97 Å². The molecule has 0 unspecified atom stereocenters. The molecule has 3 saturated carbocycles. The average molecular weight is 316 g/mol. The highest BCUT2D eigenvalue weighted by Gasteiger charge is 2.69. The van der Waals surface area contributed by atoms with Crippen molar-refractivity contribution in [2.45, 2.75) is 58.2 Å². The Bertz CT molecular complexity index is 614.